The molecule has 2 N–H and O–H groups in total. The Morgan fingerprint density at radius 1 is 1.41 bits per heavy atom. The van der Waals surface area contributed by atoms with Crippen LogP contribution in [0.3, 0.4) is 0 Å². The summed E-state index contributed by atoms with van der Waals surface area (Å²) in [6.45, 7) is 6.54. The van der Waals surface area contributed by atoms with E-state index in [1.807, 2.05) is 6.92 Å². The molecular formula is C20H26O7. The number of rotatable bonds is 3. The topological polar surface area (TPSA) is 106 Å². The molecule has 7 heteroatoms. The molecule has 2 aliphatic heterocycles. The summed E-state index contributed by atoms with van der Waals surface area (Å²) >= 11 is 0. The van der Waals surface area contributed by atoms with Gasteiger partial charge in [-0.15, -0.1) is 0 Å². The first-order valence-corrected chi connectivity index (χ1v) is 9.42. The van der Waals surface area contributed by atoms with E-state index >= 15 is 0 Å². The number of carbonyl (C=O) groups excluding carboxylic acids is 2. The number of ether oxygens (including phenoxy) is 3. The van der Waals surface area contributed by atoms with Gasteiger partial charge in [0, 0.05) is 23.5 Å². The smallest absolute Gasteiger partial charge is 0.337 e. The summed E-state index contributed by atoms with van der Waals surface area (Å²) in [5, 5.41) is 21.1. The van der Waals surface area contributed by atoms with E-state index in [0.29, 0.717) is 11.1 Å². The first-order valence-electron chi connectivity index (χ1n) is 9.42. The van der Waals surface area contributed by atoms with Gasteiger partial charge in [0.2, 0.25) is 0 Å². The number of esters is 2. The molecule has 7 nitrogen and oxygen atoms in total. The lowest BCUT2D eigenvalue weighted by Gasteiger charge is -2.34. The third-order valence-corrected chi connectivity index (χ3v) is 6.96. The van der Waals surface area contributed by atoms with E-state index in [1.165, 1.54) is 0 Å². The molecule has 1 saturated heterocycles. The van der Waals surface area contributed by atoms with Crippen molar-refractivity contribution in [2.45, 2.75) is 76.0 Å². The quantitative estimate of drug-likeness (QED) is 0.431. The molecule has 4 aliphatic rings. The van der Waals surface area contributed by atoms with Crippen molar-refractivity contribution in [3.8, 4) is 0 Å². The van der Waals surface area contributed by atoms with Gasteiger partial charge in [0.1, 0.15) is 11.7 Å². The van der Waals surface area contributed by atoms with Crippen LogP contribution in [-0.4, -0.2) is 57.8 Å². The SMILES string of the molecule is C/C=C(\C)C(=O)O[C@H]1C[C@@](C)(O)[C@@H]2CC[C@]3(C)O[C@]23[C@H]2OC(=O)C(CO)=C12. The van der Waals surface area contributed by atoms with Gasteiger partial charge in [-0.05, 0) is 40.5 Å². The Bertz CT molecular complexity index is 779. The number of hydrogen-bond donors (Lipinski definition) is 2. The predicted octanol–water partition coefficient (Wildman–Crippen LogP) is 1.17. The van der Waals surface area contributed by atoms with Crippen LogP contribution >= 0.6 is 0 Å². The van der Waals surface area contributed by atoms with Crippen LogP contribution in [0.5, 0.6) is 0 Å². The fourth-order valence-corrected chi connectivity index (χ4v) is 5.38. The molecule has 3 fully saturated rings. The maximum absolute atomic E-state index is 12.4. The molecule has 27 heavy (non-hydrogen) atoms. The summed E-state index contributed by atoms with van der Waals surface area (Å²) in [4.78, 5) is 24.8. The Morgan fingerprint density at radius 3 is 2.70 bits per heavy atom. The lowest BCUT2D eigenvalue weighted by Crippen LogP contribution is -2.47. The number of carbonyl (C=O) groups is 2. The second-order valence-corrected chi connectivity index (χ2v) is 8.52. The van der Waals surface area contributed by atoms with Crippen LogP contribution in [0.2, 0.25) is 0 Å². The number of aliphatic hydroxyl groups excluding tert-OH is 1. The van der Waals surface area contributed by atoms with E-state index in [9.17, 15) is 19.8 Å². The molecule has 2 heterocycles. The van der Waals surface area contributed by atoms with Crippen molar-refractivity contribution in [2.75, 3.05) is 6.61 Å². The van der Waals surface area contributed by atoms with Crippen LogP contribution in [0.1, 0.15) is 47.0 Å². The molecule has 0 unspecified atom stereocenters. The van der Waals surface area contributed by atoms with Crippen molar-refractivity contribution < 1.29 is 34.0 Å². The van der Waals surface area contributed by atoms with Crippen LogP contribution < -0.4 is 0 Å². The second kappa shape index (κ2) is 5.65. The molecule has 148 valence electrons. The summed E-state index contributed by atoms with van der Waals surface area (Å²) in [5.41, 5.74) is -1.54. The van der Waals surface area contributed by atoms with Crippen molar-refractivity contribution in [1.29, 1.82) is 0 Å². The Kier molecular flexibility index (Phi) is 3.91. The Morgan fingerprint density at radius 2 is 2.11 bits per heavy atom. The van der Waals surface area contributed by atoms with Crippen molar-refractivity contribution in [1.82, 2.24) is 0 Å². The van der Waals surface area contributed by atoms with Gasteiger partial charge in [0.05, 0.1) is 23.4 Å². The highest BCUT2D eigenvalue weighted by molar-refractivity contribution is 5.94. The standard InChI is InChI=1S/C20H26O7/c1-5-10(2)16(22)25-12-8-18(3,24)13-6-7-19(4)20(13,27-19)15-14(12)11(9-21)17(23)26-15/h5,12-13,15,21,24H,6-9H2,1-4H3/b10-5+/t12-,13-,15-,18+,19-,20-/m0/s1. The highest BCUT2D eigenvalue weighted by Crippen LogP contribution is 2.70. The highest BCUT2D eigenvalue weighted by atomic mass is 16.7. The number of hydrogen-bond acceptors (Lipinski definition) is 7. The van der Waals surface area contributed by atoms with Crippen LogP contribution in [-0.2, 0) is 23.8 Å². The molecular weight excluding hydrogens is 352 g/mol. The fraction of sp³-hybridized carbons (Fsp3) is 0.700. The fourth-order valence-electron chi connectivity index (χ4n) is 5.38. The molecule has 2 saturated carbocycles. The highest BCUT2D eigenvalue weighted by Gasteiger charge is 2.83. The lowest BCUT2D eigenvalue weighted by atomic mass is 9.76. The molecule has 0 radical (unpaired) electrons. The van der Waals surface area contributed by atoms with Gasteiger partial charge in [-0.25, -0.2) is 9.59 Å². The van der Waals surface area contributed by atoms with Crippen molar-refractivity contribution in [3.63, 3.8) is 0 Å². The van der Waals surface area contributed by atoms with Crippen LogP contribution in [0.15, 0.2) is 22.8 Å². The van der Waals surface area contributed by atoms with Crippen LogP contribution in [0.25, 0.3) is 0 Å². The van der Waals surface area contributed by atoms with Crippen LogP contribution in [0, 0.1) is 5.92 Å². The summed E-state index contributed by atoms with van der Waals surface area (Å²) < 4.78 is 17.5. The van der Waals surface area contributed by atoms with E-state index < -0.39 is 47.6 Å². The van der Waals surface area contributed by atoms with Crippen molar-refractivity contribution >= 4 is 11.9 Å². The zero-order chi connectivity index (χ0) is 19.8. The van der Waals surface area contributed by atoms with Crippen molar-refractivity contribution in [2.24, 2.45) is 5.92 Å². The monoisotopic (exact) mass is 378 g/mol. The molecule has 2 aliphatic carbocycles. The van der Waals surface area contributed by atoms with Crippen molar-refractivity contribution in [3.05, 3.63) is 22.8 Å². The Hall–Kier alpha value is -1.70. The van der Waals surface area contributed by atoms with Gasteiger partial charge in [0.15, 0.2) is 6.10 Å². The zero-order valence-corrected chi connectivity index (χ0v) is 16.1. The number of aliphatic hydroxyl groups is 2. The van der Waals surface area contributed by atoms with Gasteiger partial charge >= 0.3 is 11.9 Å². The molecule has 0 aromatic carbocycles. The van der Waals surface area contributed by atoms with Gasteiger partial charge < -0.3 is 24.4 Å². The minimum Gasteiger partial charge on any atom is -0.454 e. The maximum atomic E-state index is 12.4. The van der Waals surface area contributed by atoms with E-state index in [2.05, 4.69) is 0 Å². The van der Waals surface area contributed by atoms with E-state index in [0.717, 1.165) is 12.8 Å². The largest absolute Gasteiger partial charge is 0.454 e. The van der Waals surface area contributed by atoms with E-state index in [1.54, 1.807) is 26.8 Å². The molecule has 4 rings (SSSR count). The second-order valence-electron chi connectivity index (χ2n) is 8.52. The Balaban J connectivity index is 1.83. The third kappa shape index (κ3) is 2.31. The average Bonchev–Trinajstić information content (AvgIpc) is 2.93. The molecule has 0 amide bonds. The molecule has 0 aromatic rings. The molecule has 0 bridgehead atoms. The first kappa shape index (κ1) is 18.7. The van der Waals surface area contributed by atoms with Gasteiger partial charge in [-0.2, -0.15) is 0 Å². The Labute approximate surface area is 158 Å². The normalized spacial score (nSPS) is 45.6. The van der Waals surface area contributed by atoms with E-state index in [-0.39, 0.29) is 17.9 Å². The van der Waals surface area contributed by atoms with Gasteiger partial charge in [-0.3, -0.25) is 0 Å². The van der Waals surface area contributed by atoms with Crippen LogP contribution in [0.4, 0.5) is 0 Å². The molecule has 1 spiro atoms. The minimum absolute atomic E-state index is 0.103. The summed E-state index contributed by atoms with van der Waals surface area (Å²) in [6, 6.07) is 0. The summed E-state index contributed by atoms with van der Waals surface area (Å²) in [7, 11) is 0. The van der Waals surface area contributed by atoms with Gasteiger partial charge in [0.25, 0.3) is 0 Å². The predicted molar refractivity (Wildman–Crippen MR) is 93.5 cm³/mol. The average molecular weight is 378 g/mol. The number of fused-ring (bicyclic) bond motifs is 1. The first-order chi connectivity index (χ1) is 12.6. The molecule has 6 atom stereocenters. The number of allylic oxidation sites excluding steroid dienone is 1. The minimum atomic E-state index is -1.17. The third-order valence-electron chi connectivity index (χ3n) is 6.96. The summed E-state index contributed by atoms with van der Waals surface area (Å²) in [6.07, 6.45) is 1.62. The van der Waals surface area contributed by atoms with Gasteiger partial charge in [-0.1, -0.05) is 6.08 Å². The lowest BCUT2D eigenvalue weighted by molar-refractivity contribution is -0.147. The zero-order valence-electron chi connectivity index (χ0n) is 16.1. The molecule has 0 aromatic heterocycles. The van der Waals surface area contributed by atoms with E-state index in [4.69, 9.17) is 14.2 Å². The maximum Gasteiger partial charge on any atom is 0.337 e. The summed E-state index contributed by atoms with van der Waals surface area (Å²) in [5.74, 6) is -1.39. The number of epoxide rings is 1.